The monoisotopic (exact) mass is 311 g/mol. The van der Waals surface area contributed by atoms with E-state index in [2.05, 4.69) is 55.6 Å². The number of hydrogen-bond acceptors (Lipinski definition) is 2. The second kappa shape index (κ2) is 8.16. The third kappa shape index (κ3) is 4.35. The largest absolute Gasteiger partial charge is 0.507 e. The maximum absolute atomic E-state index is 10.6. The molecule has 0 amide bonds. The predicted octanol–water partition coefficient (Wildman–Crippen LogP) is 4.92. The van der Waals surface area contributed by atoms with Gasteiger partial charge in [0.15, 0.2) is 0 Å². The molecular formula is C21H29NO. The minimum atomic E-state index is 0.215. The molecule has 0 aliphatic heterocycles. The van der Waals surface area contributed by atoms with Gasteiger partial charge in [-0.2, -0.15) is 0 Å². The molecule has 0 saturated carbocycles. The van der Waals surface area contributed by atoms with Crippen LogP contribution in [0.1, 0.15) is 54.9 Å². The Balaban J connectivity index is 2.29. The Labute approximate surface area is 140 Å². The van der Waals surface area contributed by atoms with Crippen molar-refractivity contribution in [2.45, 2.75) is 52.5 Å². The van der Waals surface area contributed by atoms with Gasteiger partial charge in [-0.05, 0) is 56.8 Å². The van der Waals surface area contributed by atoms with E-state index in [4.69, 9.17) is 0 Å². The summed E-state index contributed by atoms with van der Waals surface area (Å²) in [6.45, 7) is 9.39. The molecule has 0 fully saturated rings. The SMILES string of the molecule is CCC(C)NCCC(c1ccccc1)c1ccc(C)c(C)c1O. The minimum absolute atomic E-state index is 0.215. The lowest BCUT2D eigenvalue weighted by Gasteiger charge is -2.22. The van der Waals surface area contributed by atoms with Gasteiger partial charge in [0.25, 0.3) is 0 Å². The van der Waals surface area contributed by atoms with Gasteiger partial charge < -0.3 is 10.4 Å². The summed E-state index contributed by atoms with van der Waals surface area (Å²) in [5.74, 6) is 0.662. The van der Waals surface area contributed by atoms with Crippen molar-refractivity contribution < 1.29 is 5.11 Å². The molecule has 0 aromatic heterocycles. The molecule has 2 nitrogen and oxygen atoms in total. The van der Waals surface area contributed by atoms with Crippen molar-refractivity contribution in [3.63, 3.8) is 0 Å². The number of aromatic hydroxyl groups is 1. The number of benzene rings is 2. The predicted molar refractivity (Wildman–Crippen MR) is 98.2 cm³/mol. The van der Waals surface area contributed by atoms with E-state index >= 15 is 0 Å². The summed E-state index contributed by atoms with van der Waals surface area (Å²) in [5.41, 5.74) is 4.41. The molecule has 2 N–H and O–H groups in total. The first-order valence-electron chi connectivity index (χ1n) is 8.62. The van der Waals surface area contributed by atoms with Gasteiger partial charge in [-0.25, -0.2) is 0 Å². The molecule has 0 radical (unpaired) electrons. The lowest BCUT2D eigenvalue weighted by atomic mass is 9.86. The molecule has 0 spiro atoms. The van der Waals surface area contributed by atoms with Crippen LogP contribution in [0.2, 0.25) is 0 Å². The quantitative estimate of drug-likeness (QED) is 0.760. The number of phenols is 1. The fraction of sp³-hybridized carbons (Fsp3) is 0.429. The number of nitrogens with one attached hydrogen (secondary N) is 1. The highest BCUT2D eigenvalue weighted by Crippen LogP contribution is 2.36. The number of hydrogen-bond donors (Lipinski definition) is 2. The van der Waals surface area contributed by atoms with E-state index in [0.29, 0.717) is 11.8 Å². The second-order valence-corrected chi connectivity index (χ2v) is 6.46. The molecule has 2 unspecified atom stereocenters. The van der Waals surface area contributed by atoms with Crippen molar-refractivity contribution in [1.82, 2.24) is 5.32 Å². The molecule has 2 atom stereocenters. The summed E-state index contributed by atoms with van der Waals surface area (Å²) in [5, 5.41) is 14.2. The Morgan fingerprint density at radius 1 is 1.04 bits per heavy atom. The van der Waals surface area contributed by atoms with Gasteiger partial charge >= 0.3 is 0 Å². The Morgan fingerprint density at radius 3 is 2.39 bits per heavy atom. The molecule has 0 saturated heterocycles. The van der Waals surface area contributed by atoms with Crippen LogP contribution >= 0.6 is 0 Å². The Kier molecular flexibility index (Phi) is 6.23. The molecule has 124 valence electrons. The van der Waals surface area contributed by atoms with E-state index in [9.17, 15) is 5.11 Å². The van der Waals surface area contributed by atoms with Crippen molar-refractivity contribution >= 4 is 0 Å². The van der Waals surface area contributed by atoms with Gasteiger partial charge in [-0.15, -0.1) is 0 Å². The average molecular weight is 311 g/mol. The summed E-state index contributed by atoms with van der Waals surface area (Å²) >= 11 is 0. The van der Waals surface area contributed by atoms with Crippen LogP contribution in [0.3, 0.4) is 0 Å². The van der Waals surface area contributed by atoms with Crippen molar-refractivity contribution in [2.24, 2.45) is 0 Å². The first-order chi connectivity index (χ1) is 11.0. The zero-order chi connectivity index (χ0) is 16.8. The van der Waals surface area contributed by atoms with Crippen molar-refractivity contribution in [3.8, 4) is 5.75 Å². The molecule has 2 aromatic carbocycles. The molecule has 2 aromatic rings. The lowest BCUT2D eigenvalue weighted by molar-refractivity contribution is 0.453. The highest BCUT2D eigenvalue weighted by Gasteiger charge is 2.19. The van der Waals surface area contributed by atoms with Crippen LogP contribution in [0.5, 0.6) is 5.75 Å². The third-order valence-corrected chi connectivity index (χ3v) is 4.85. The van der Waals surface area contributed by atoms with Crippen LogP contribution in [-0.4, -0.2) is 17.7 Å². The van der Waals surface area contributed by atoms with E-state index in [0.717, 1.165) is 36.1 Å². The minimum Gasteiger partial charge on any atom is -0.507 e. The van der Waals surface area contributed by atoms with Gasteiger partial charge in [0.2, 0.25) is 0 Å². The molecular weight excluding hydrogens is 282 g/mol. The highest BCUT2D eigenvalue weighted by atomic mass is 16.3. The van der Waals surface area contributed by atoms with Crippen LogP contribution in [0.4, 0.5) is 0 Å². The molecule has 0 bridgehead atoms. The van der Waals surface area contributed by atoms with Crippen LogP contribution in [0, 0.1) is 13.8 Å². The smallest absolute Gasteiger partial charge is 0.122 e. The number of phenolic OH excluding ortho intramolecular Hbond substituents is 1. The molecule has 23 heavy (non-hydrogen) atoms. The summed E-state index contributed by atoms with van der Waals surface area (Å²) in [6.07, 6.45) is 2.11. The molecule has 0 aliphatic rings. The van der Waals surface area contributed by atoms with Crippen molar-refractivity contribution in [3.05, 3.63) is 64.7 Å². The van der Waals surface area contributed by atoms with Crippen LogP contribution in [-0.2, 0) is 0 Å². The Bertz CT molecular complexity index is 621. The standard InChI is InChI=1S/C21H29NO/c1-5-16(3)22-14-13-19(18-9-7-6-8-10-18)20-12-11-15(2)17(4)21(20)23/h6-12,16,19,22-23H,5,13-14H2,1-4H3. The first kappa shape index (κ1) is 17.6. The summed E-state index contributed by atoms with van der Waals surface area (Å²) < 4.78 is 0. The van der Waals surface area contributed by atoms with E-state index in [1.54, 1.807) is 0 Å². The molecule has 2 rings (SSSR count). The van der Waals surface area contributed by atoms with E-state index in [1.807, 2.05) is 19.9 Å². The van der Waals surface area contributed by atoms with Crippen molar-refractivity contribution in [1.29, 1.82) is 0 Å². The summed E-state index contributed by atoms with van der Waals surface area (Å²) in [6, 6.07) is 15.2. The van der Waals surface area contributed by atoms with E-state index in [-0.39, 0.29) is 5.92 Å². The maximum atomic E-state index is 10.6. The van der Waals surface area contributed by atoms with Crippen LogP contribution in [0.15, 0.2) is 42.5 Å². The van der Waals surface area contributed by atoms with E-state index in [1.165, 1.54) is 5.56 Å². The van der Waals surface area contributed by atoms with Gasteiger partial charge in [-0.3, -0.25) is 0 Å². The van der Waals surface area contributed by atoms with Gasteiger partial charge in [0.1, 0.15) is 5.75 Å². The fourth-order valence-corrected chi connectivity index (χ4v) is 2.91. The fourth-order valence-electron chi connectivity index (χ4n) is 2.91. The number of rotatable bonds is 7. The van der Waals surface area contributed by atoms with Gasteiger partial charge in [-0.1, -0.05) is 49.4 Å². The van der Waals surface area contributed by atoms with Gasteiger partial charge in [0, 0.05) is 17.5 Å². The van der Waals surface area contributed by atoms with Crippen molar-refractivity contribution in [2.75, 3.05) is 6.54 Å². The van der Waals surface area contributed by atoms with E-state index < -0.39 is 0 Å². The van der Waals surface area contributed by atoms with Crippen LogP contribution in [0.25, 0.3) is 0 Å². The zero-order valence-electron chi connectivity index (χ0n) is 14.8. The zero-order valence-corrected chi connectivity index (χ0v) is 14.8. The summed E-state index contributed by atoms with van der Waals surface area (Å²) in [4.78, 5) is 0. The maximum Gasteiger partial charge on any atom is 0.122 e. The topological polar surface area (TPSA) is 32.3 Å². The third-order valence-electron chi connectivity index (χ3n) is 4.85. The molecule has 2 heteroatoms. The Hall–Kier alpha value is -1.80. The van der Waals surface area contributed by atoms with Crippen LogP contribution < -0.4 is 5.32 Å². The lowest BCUT2D eigenvalue weighted by Crippen LogP contribution is -2.27. The Morgan fingerprint density at radius 2 is 1.74 bits per heavy atom. The first-order valence-corrected chi connectivity index (χ1v) is 8.62. The average Bonchev–Trinajstić information content (AvgIpc) is 2.58. The summed E-state index contributed by atoms with van der Waals surface area (Å²) in [7, 11) is 0. The highest BCUT2D eigenvalue weighted by molar-refractivity contribution is 5.48. The van der Waals surface area contributed by atoms with Gasteiger partial charge in [0.05, 0.1) is 0 Å². The molecule has 0 heterocycles. The normalized spacial score (nSPS) is 13.7. The molecule has 0 aliphatic carbocycles. The second-order valence-electron chi connectivity index (χ2n) is 6.46. The number of aryl methyl sites for hydroxylation is 1.